The lowest BCUT2D eigenvalue weighted by molar-refractivity contribution is -0.196. The maximum Gasteiger partial charge on any atom is 0.0989 e. The van der Waals surface area contributed by atoms with E-state index in [1.807, 2.05) is 0 Å². The second kappa shape index (κ2) is 1.38. The molecule has 0 aromatic carbocycles. The van der Waals surface area contributed by atoms with Crippen LogP contribution in [0.25, 0.3) is 0 Å². The van der Waals surface area contributed by atoms with Gasteiger partial charge in [-0.05, 0) is 38.5 Å². The van der Waals surface area contributed by atoms with Gasteiger partial charge in [-0.1, -0.05) is 0 Å². The van der Waals surface area contributed by atoms with Gasteiger partial charge < -0.3 is 10.2 Å². The molecular weight excluding hydrogens is 140 g/mol. The predicted molar refractivity (Wildman–Crippen MR) is 40.0 cm³/mol. The summed E-state index contributed by atoms with van der Waals surface area (Å²) < 4.78 is 0. The van der Waals surface area contributed by atoms with E-state index in [1.165, 1.54) is 0 Å². The largest absolute Gasteiger partial charge is 0.387 e. The summed E-state index contributed by atoms with van der Waals surface area (Å²) in [7, 11) is 0. The van der Waals surface area contributed by atoms with E-state index in [-0.39, 0.29) is 5.41 Å². The summed E-state index contributed by atoms with van der Waals surface area (Å²) in [5.74, 6) is 0. The summed E-state index contributed by atoms with van der Waals surface area (Å²) in [5.41, 5.74) is -1.20. The van der Waals surface area contributed by atoms with Gasteiger partial charge in [-0.15, -0.1) is 0 Å². The van der Waals surface area contributed by atoms with Crippen LogP contribution >= 0.6 is 0 Å². The zero-order valence-corrected chi connectivity index (χ0v) is 6.64. The van der Waals surface area contributed by atoms with Gasteiger partial charge >= 0.3 is 0 Å². The van der Waals surface area contributed by atoms with Gasteiger partial charge in [0.1, 0.15) is 0 Å². The molecule has 0 saturated heterocycles. The summed E-state index contributed by atoms with van der Waals surface area (Å²) in [5, 5.41) is 20.2. The van der Waals surface area contributed by atoms with Gasteiger partial charge in [0.15, 0.2) is 0 Å². The van der Waals surface area contributed by atoms with Crippen molar-refractivity contribution in [1.82, 2.24) is 0 Å². The minimum atomic E-state index is -0.689. The van der Waals surface area contributed by atoms with Crippen molar-refractivity contribution in [2.24, 2.45) is 5.41 Å². The first-order valence-electron chi connectivity index (χ1n) is 4.57. The van der Waals surface area contributed by atoms with Gasteiger partial charge in [0.05, 0.1) is 11.2 Å². The molecule has 2 heteroatoms. The Morgan fingerprint density at radius 2 is 1.27 bits per heavy atom. The van der Waals surface area contributed by atoms with E-state index in [0.29, 0.717) is 0 Å². The maximum atomic E-state index is 10.1. The van der Waals surface area contributed by atoms with Crippen molar-refractivity contribution >= 4 is 0 Å². The lowest BCUT2D eigenvalue weighted by Gasteiger charge is -2.51. The van der Waals surface area contributed by atoms with Crippen LogP contribution in [0, 0.1) is 5.41 Å². The molecule has 0 aromatic heterocycles. The molecule has 0 heterocycles. The molecule has 3 aliphatic rings. The Morgan fingerprint density at radius 1 is 0.727 bits per heavy atom. The molecule has 2 bridgehead atoms. The highest BCUT2D eigenvalue weighted by molar-refractivity contribution is 5.27. The first-order chi connectivity index (χ1) is 5.12. The van der Waals surface area contributed by atoms with Crippen LogP contribution in [0.1, 0.15) is 38.5 Å². The Bertz CT molecular complexity index is 202. The van der Waals surface area contributed by atoms with Gasteiger partial charge in [-0.2, -0.15) is 0 Å². The topological polar surface area (TPSA) is 40.5 Å². The molecule has 11 heavy (non-hydrogen) atoms. The molecule has 0 radical (unpaired) electrons. The standard InChI is InChI=1S/C9H14O2/c10-8-4-1-7(2-5-8)3-6-9(7,8)11/h10-11H,1-6H2. The summed E-state index contributed by atoms with van der Waals surface area (Å²) in [6.45, 7) is 0. The smallest absolute Gasteiger partial charge is 0.0989 e. The Kier molecular flexibility index (Phi) is 0.807. The normalized spacial score (nSPS) is 66.0. The Balaban J connectivity index is 2.15. The van der Waals surface area contributed by atoms with Gasteiger partial charge in [0.25, 0.3) is 0 Å². The molecule has 3 aliphatic carbocycles. The first-order valence-corrected chi connectivity index (χ1v) is 4.57. The van der Waals surface area contributed by atoms with Crippen LogP contribution in [0.2, 0.25) is 0 Å². The minimum absolute atomic E-state index is 0.155. The van der Waals surface area contributed by atoms with E-state index >= 15 is 0 Å². The molecule has 62 valence electrons. The van der Waals surface area contributed by atoms with Crippen LogP contribution in [-0.2, 0) is 0 Å². The molecule has 0 amide bonds. The number of rotatable bonds is 0. The molecule has 0 aliphatic heterocycles. The maximum absolute atomic E-state index is 10.1. The number of hydrogen-bond donors (Lipinski definition) is 2. The van der Waals surface area contributed by atoms with E-state index in [2.05, 4.69) is 0 Å². The molecule has 1 atom stereocenters. The van der Waals surface area contributed by atoms with Crippen LogP contribution < -0.4 is 0 Å². The van der Waals surface area contributed by atoms with E-state index in [9.17, 15) is 10.2 Å². The van der Waals surface area contributed by atoms with Crippen LogP contribution in [0.5, 0.6) is 0 Å². The Hall–Kier alpha value is -0.0800. The van der Waals surface area contributed by atoms with Crippen molar-refractivity contribution < 1.29 is 10.2 Å². The molecule has 1 unspecified atom stereocenters. The molecule has 0 aromatic rings. The molecule has 2 nitrogen and oxygen atoms in total. The highest BCUT2D eigenvalue weighted by Crippen LogP contribution is 2.72. The van der Waals surface area contributed by atoms with Crippen molar-refractivity contribution in [2.45, 2.75) is 49.7 Å². The zero-order valence-electron chi connectivity index (χ0n) is 6.64. The lowest BCUT2D eigenvalue weighted by Crippen LogP contribution is -2.59. The molecule has 3 rings (SSSR count). The quantitative estimate of drug-likeness (QED) is 0.542. The van der Waals surface area contributed by atoms with E-state index < -0.39 is 11.2 Å². The lowest BCUT2D eigenvalue weighted by atomic mass is 9.59. The Morgan fingerprint density at radius 3 is 1.45 bits per heavy atom. The SMILES string of the molecule is OC12CCC3(CC1)CCC23O. The van der Waals surface area contributed by atoms with Crippen molar-refractivity contribution in [3.63, 3.8) is 0 Å². The van der Waals surface area contributed by atoms with E-state index in [1.54, 1.807) is 0 Å². The Labute approximate surface area is 66.2 Å². The fraction of sp³-hybridized carbons (Fsp3) is 1.00. The first kappa shape index (κ1) is 6.44. The van der Waals surface area contributed by atoms with Crippen LogP contribution in [-0.4, -0.2) is 21.4 Å². The second-order valence-electron chi connectivity index (χ2n) is 4.67. The summed E-state index contributed by atoms with van der Waals surface area (Å²) >= 11 is 0. The van der Waals surface area contributed by atoms with Crippen molar-refractivity contribution in [3.8, 4) is 0 Å². The van der Waals surface area contributed by atoms with Gasteiger partial charge in [0.2, 0.25) is 0 Å². The van der Waals surface area contributed by atoms with Crippen LogP contribution in [0.15, 0.2) is 0 Å². The van der Waals surface area contributed by atoms with Crippen molar-refractivity contribution in [3.05, 3.63) is 0 Å². The van der Waals surface area contributed by atoms with Gasteiger partial charge in [-0.25, -0.2) is 0 Å². The summed E-state index contributed by atoms with van der Waals surface area (Å²) in [6.07, 6.45) is 5.77. The summed E-state index contributed by atoms with van der Waals surface area (Å²) in [6, 6.07) is 0. The molecule has 0 spiro atoms. The highest BCUT2D eigenvalue weighted by Gasteiger charge is 2.75. The van der Waals surface area contributed by atoms with Gasteiger partial charge in [-0.3, -0.25) is 0 Å². The van der Waals surface area contributed by atoms with Crippen LogP contribution in [0.4, 0.5) is 0 Å². The van der Waals surface area contributed by atoms with Crippen molar-refractivity contribution in [2.75, 3.05) is 0 Å². The van der Waals surface area contributed by atoms with E-state index in [0.717, 1.165) is 38.5 Å². The van der Waals surface area contributed by atoms with Crippen molar-refractivity contribution in [1.29, 1.82) is 0 Å². The molecule has 3 saturated carbocycles. The molecular formula is C9H14O2. The minimum Gasteiger partial charge on any atom is -0.387 e. The average molecular weight is 154 g/mol. The third kappa shape index (κ3) is 0.411. The fourth-order valence-corrected chi connectivity index (χ4v) is 3.66. The molecule has 2 N–H and O–H groups in total. The number of aliphatic hydroxyl groups is 2. The van der Waals surface area contributed by atoms with Gasteiger partial charge in [0, 0.05) is 5.41 Å². The predicted octanol–water partition coefficient (Wildman–Crippen LogP) is 0.816. The highest BCUT2D eigenvalue weighted by atomic mass is 16.4. The van der Waals surface area contributed by atoms with Crippen LogP contribution in [0.3, 0.4) is 0 Å². The average Bonchev–Trinajstić information content (AvgIpc) is 2.21. The third-order valence-electron chi connectivity index (χ3n) is 4.65. The zero-order chi connectivity index (χ0) is 7.74. The second-order valence-corrected chi connectivity index (χ2v) is 4.67. The fourth-order valence-electron chi connectivity index (χ4n) is 3.66. The number of hydrogen-bond acceptors (Lipinski definition) is 2. The summed E-state index contributed by atoms with van der Waals surface area (Å²) in [4.78, 5) is 0. The third-order valence-corrected chi connectivity index (χ3v) is 4.65. The monoisotopic (exact) mass is 154 g/mol. The molecule has 3 fully saturated rings. The van der Waals surface area contributed by atoms with E-state index in [4.69, 9.17) is 0 Å².